The Bertz CT molecular complexity index is 1070. The van der Waals surface area contributed by atoms with Crippen LogP contribution in [0.15, 0.2) is 40.0 Å². The van der Waals surface area contributed by atoms with Crippen LogP contribution in [0, 0.1) is 0 Å². The van der Waals surface area contributed by atoms with Gasteiger partial charge in [0.2, 0.25) is 11.8 Å². The van der Waals surface area contributed by atoms with E-state index in [0.717, 1.165) is 0 Å². The number of nitrogens with zero attached hydrogens (tertiary/aromatic N) is 2. The first-order valence-electron chi connectivity index (χ1n) is 8.69. The zero-order valence-electron chi connectivity index (χ0n) is 15.3. The van der Waals surface area contributed by atoms with Gasteiger partial charge in [0.25, 0.3) is 6.01 Å². The normalized spacial score (nSPS) is 19.9. The standard InChI is InChI=1S/C19H18N4O5/c1-3-27-16(25)13-9(2)23(8-12(20)24)17(26)19(13)11-7-5-4-6-10(11)14-15(19)22-18(21)28-14/h4-7H,3,8H2,1-2H3,(H2,20,24)(H2,21,22). The van der Waals surface area contributed by atoms with E-state index in [-0.39, 0.29) is 36.1 Å². The number of benzene rings is 1. The van der Waals surface area contributed by atoms with Crippen molar-refractivity contribution >= 4 is 23.8 Å². The Morgan fingerprint density at radius 2 is 2.04 bits per heavy atom. The number of fused-ring (bicyclic) bond motifs is 5. The van der Waals surface area contributed by atoms with E-state index in [2.05, 4.69) is 4.98 Å². The third-order valence-electron chi connectivity index (χ3n) is 5.08. The van der Waals surface area contributed by atoms with Gasteiger partial charge in [-0.15, -0.1) is 0 Å². The summed E-state index contributed by atoms with van der Waals surface area (Å²) < 4.78 is 10.8. The topological polar surface area (TPSA) is 142 Å². The number of hydrogen-bond acceptors (Lipinski definition) is 7. The third-order valence-corrected chi connectivity index (χ3v) is 5.08. The number of esters is 1. The zero-order chi connectivity index (χ0) is 20.2. The van der Waals surface area contributed by atoms with Crippen LogP contribution in [-0.4, -0.2) is 40.8 Å². The molecule has 0 radical (unpaired) electrons. The summed E-state index contributed by atoms with van der Waals surface area (Å²) in [5.41, 5.74) is 11.2. The molecule has 1 aliphatic carbocycles. The number of carbonyl (C=O) groups is 3. The highest BCUT2D eigenvalue weighted by Gasteiger charge is 2.63. The summed E-state index contributed by atoms with van der Waals surface area (Å²) in [5, 5.41) is 0. The number of aromatic nitrogens is 1. The molecule has 1 aliphatic heterocycles. The highest BCUT2D eigenvalue weighted by atomic mass is 16.5. The van der Waals surface area contributed by atoms with Crippen molar-refractivity contribution in [2.45, 2.75) is 19.3 Å². The molecule has 9 nitrogen and oxygen atoms in total. The zero-order valence-corrected chi connectivity index (χ0v) is 15.3. The summed E-state index contributed by atoms with van der Waals surface area (Å²) >= 11 is 0. The first-order chi connectivity index (χ1) is 13.3. The third kappa shape index (κ3) is 2.07. The van der Waals surface area contributed by atoms with E-state index in [9.17, 15) is 14.4 Å². The average molecular weight is 382 g/mol. The number of rotatable bonds is 4. The van der Waals surface area contributed by atoms with Crippen LogP contribution >= 0.6 is 0 Å². The molecule has 1 aromatic carbocycles. The predicted octanol–water partition coefficient (Wildman–Crippen LogP) is 0.688. The maximum Gasteiger partial charge on any atom is 0.337 e. The largest absolute Gasteiger partial charge is 0.463 e. The van der Waals surface area contributed by atoms with E-state index in [1.165, 1.54) is 4.90 Å². The first kappa shape index (κ1) is 17.8. The molecule has 2 aliphatic rings. The second-order valence-corrected chi connectivity index (χ2v) is 6.56. The molecule has 2 aromatic rings. The van der Waals surface area contributed by atoms with Crippen LogP contribution in [0.3, 0.4) is 0 Å². The first-order valence-corrected chi connectivity index (χ1v) is 8.69. The molecule has 0 saturated carbocycles. The van der Waals surface area contributed by atoms with Crippen molar-refractivity contribution in [2.75, 3.05) is 18.9 Å². The molecule has 4 N–H and O–H groups in total. The number of hydrogen-bond donors (Lipinski definition) is 2. The number of primary amides is 1. The van der Waals surface area contributed by atoms with Crippen molar-refractivity contribution in [2.24, 2.45) is 5.73 Å². The van der Waals surface area contributed by atoms with Crippen molar-refractivity contribution in [3.8, 4) is 11.3 Å². The molecule has 4 rings (SSSR count). The molecule has 2 amide bonds. The molecule has 28 heavy (non-hydrogen) atoms. The fraction of sp³-hybridized carbons (Fsp3) is 0.263. The summed E-state index contributed by atoms with van der Waals surface area (Å²) in [4.78, 5) is 43.6. The van der Waals surface area contributed by atoms with Crippen molar-refractivity contribution < 1.29 is 23.5 Å². The van der Waals surface area contributed by atoms with E-state index < -0.39 is 23.2 Å². The highest BCUT2D eigenvalue weighted by molar-refractivity contribution is 6.14. The van der Waals surface area contributed by atoms with E-state index in [1.807, 2.05) is 0 Å². The van der Waals surface area contributed by atoms with Crippen molar-refractivity contribution in [1.29, 1.82) is 0 Å². The van der Waals surface area contributed by atoms with E-state index in [4.69, 9.17) is 20.6 Å². The second kappa shape index (κ2) is 5.95. The van der Waals surface area contributed by atoms with E-state index >= 15 is 0 Å². The predicted molar refractivity (Wildman–Crippen MR) is 97.4 cm³/mol. The lowest BCUT2D eigenvalue weighted by Crippen LogP contribution is -2.44. The van der Waals surface area contributed by atoms with Gasteiger partial charge in [0.15, 0.2) is 11.2 Å². The molecule has 0 saturated heterocycles. The van der Waals surface area contributed by atoms with Gasteiger partial charge in [0, 0.05) is 11.3 Å². The quantitative estimate of drug-likeness (QED) is 0.741. The summed E-state index contributed by atoms with van der Waals surface area (Å²) in [5.74, 6) is -1.59. The van der Waals surface area contributed by atoms with Gasteiger partial charge in [0.1, 0.15) is 12.2 Å². The molecule has 144 valence electrons. The Balaban J connectivity index is 2.07. The lowest BCUT2D eigenvalue weighted by Gasteiger charge is -2.26. The van der Waals surface area contributed by atoms with Crippen LogP contribution in [0.2, 0.25) is 0 Å². The molecular weight excluding hydrogens is 364 g/mol. The molecule has 2 heterocycles. The molecule has 1 atom stereocenters. The Kier molecular flexibility index (Phi) is 3.77. The van der Waals surface area contributed by atoms with Crippen LogP contribution in [0.4, 0.5) is 6.01 Å². The van der Waals surface area contributed by atoms with Gasteiger partial charge in [0.05, 0.1) is 12.2 Å². The van der Waals surface area contributed by atoms with E-state index in [0.29, 0.717) is 16.9 Å². The SMILES string of the molecule is CCOC(=O)C1=C(C)N(CC(N)=O)C(=O)C12c1ccccc1-c1oc(N)nc12. The lowest BCUT2D eigenvalue weighted by molar-refractivity contribution is -0.140. The van der Waals surface area contributed by atoms with Crippen LogP contribution in [0.5, 0.6) is 0 Å². The number of amides is 2. The maximum atomic E-state index is 13.7. The van der Waals surface area contributed by atoms with Gasteiger partial charge < -0.3 is 25.5 Å². The molecular formula is C19H18N4O5. The number of carbonyl (C=O) groups excluding carboxylic acids is 3. The number of ether oxygens (including phenoxy) is 1. The van der Waals surface area contributed by atoms with Crippen molar-refractivity contribution in [1.82, 2.24) is 9.88 Å². The van der Waals surface area contributed by atoms with Crippen LogP contribution in [0.1, 0.15) is 25.1 Å². The van der Waals surface area contributed by atoms with Crippen molar-refractivity contribution in [3.63, 3.8) is 0 Å². The van der Waals surface area contributed by atoms with Crippen molar-refractivity contribution in [3.05, 3.63) is 46.8 Å². The molecule has 1 unspecified atom stereocenters. The summed E-state index contributed by atoms with van der Waals surface area (Å²) in [6.45, 7) is 2.98. The van der Waals surface area contributed by atoms with Gasteiger partial charge in [-0.3, -0.25) is 9.59 Å². The number of oxazole rings is 1. The van der Waals surface area contributed by atoms with Gasteiger partial charge in [-0.05, 0) is 19.4 Å². The Morgan fingerprint density at radius 3 is 2.71 bits per heavy atom. The highest BCUT2D eigenvalue weighted by Crippen LogP contribution is 2.57. The summed E-state index contributed by atoms with van der Waals surface area (Å²) in [6, 6.07) is 6.89. The molecule has 9 heteroatoms. The number of allylic oxidation sites excluding steroid dienone is 1. The minimum absolute atomic E-state index is 0.0834. The van der Waals surface area contributed by atoms with Crippen LogP contribution < -0.4 is 11.5 Å². The number of anilines is 1. The Labute approximate surface area is 159 Å². The smallest absolute Gasteiger partial charge is 0.337 e. The van der Waals surface area contributed by atoms with Gasteiger partial charge in [-0.2, -0.15) is 4.98 Å². The summed E-state index contributed by atoms with van der Waals surface area (Å²) in [7, 11) is 0. The monoisotopic (exact) mass is 382 g/mol. The number of nitrogen functional groups attached to an aromatic ring is 1. The fourth-order valence-corrected chi connectivity index (χ4v) is 4.10. The molecule has 1 aromatic heterocycles. The Hall–Kier alpha value is -3.62. The van der Waals surface area contributed by atoms with Gasteiger partial charge in [-0.25, -0.2) is 4.79 Å². The average Bonchev–Trinajstić information content (AvgIpc) is 3.21. The lowest BCUT2D eigenvalue weighted by atomic mass is 9.74. The minimum Gasteiger partial charge on any atom is -0.463 e. The second-order valence-electron chi connectivity index (χ2n) is 6.56. The maximum absolute atomic E-state index is 13.7. The number of nitrogens with two attached hydrogens (primary N) is 2. The summed E-state index contributed by atoms with van der Waals surface area (Å²) in [6.07, 6.45) is 0. The molecule has 0 bridgehead atoms. The van der Waals surface area contributed by atoms with Crippen LogP contribution in [-0.2, 0) is 24.5 Å². The van der Waals surface area contributed by atoms with Crippen LogP contribution in [0.25, 0.3) is 11.3 Å². The fourth-order valence-electron chi connectivity index (χ4n) is 4.10. The molecule has 1 spiro atoms. The van der Waals surface area contributed by atoms with Gasteiger partial charge >= 0.3 is 5.97 Å². The Morgan fingerprint density at radius 1 is 1.32 bits per heavy atom. The minimum atomic E-state index is -1.60. The molecule has 0 fully saturated rings. The van der Waals surface area contributed by atoms with Gasteiger partial charge in [-0.1, -0.05) is 24.3 Å². The van der Waals surface area contributed by atoms with E-state index in [1.54, 1.807) is 38.1 Å².